The van der Waals surface area contributed by atoms with Crippen LogP contribution < -0.4 is 5.73 Å². The highest BCUT2D eigenvalue weighted by Crippen LogP contribution is 2.25. The molecule has 0 fully saturated rings. The van der Waals surface area contributed by atoms with Gasteiger partial charge < -0.3 is 15.5 Å². The fourth-order valence-corrected chi connectivity index (χ4v) is 2.14. The third-order valence-corrected chi connectivity index (χ3v) is 3.68. The van der Waals surface area contributed by atoms with Crippen molar-refractivity contribution in [3.05, 3.63) is 0 Å². The van der Waals surface area contributed by atoms with E-state index in [2.05, 4.69) is 44.8 Å². The van der Waals surface area contributed by atoms with Gasteiger partial charge >= 0.3 is 0 Å². The van der Waals surface area contributed by atoms with E-state index in [4.69, 9.17) is 5.73 Å². The molecular weight excluding hydrogens is 198 g/mol. The third-order valence-electron chi connectivity index (χ3n) is 3.68. The van der Waals surface area contributed by atoms with Crippen LogP contribution in [0.2, 0.25) is 0 Å². The molecule has 0 heterocycles. The normalized spacial score (nSPS) is 12.8. The van der Waals surface area contributed by atoms with Gasteiger partial charge in [0.2, 0.25) is 0 Å². The van der Waals surface area contributed by atoms with Gasteiger partial charge in [-0.25, -0.2) is 0 Å². The Morgan fingerprint density at radius 2 is 1.56 bits per heavy atom. The van der Waals surface area contributed by atoms with Crippen molar-refractivity contribution in [1.82, 2.24) is 9.80 Å². The summed E-state index contributed by atoms with van der Waals surface area (Å²) in [4.78, 5) is 4.67. The van der Waals surface area contributed by atoms with Crippen molar-refractivity contribution in [3.63, 3.8) is 0 Å². The molecule has 0 amide bonds. The van der Waals surface area contributed by atoms with Crippen LogP contribution in [0.25, 0.3) is 0 Å². The molecule has 98 valence electrons. The van der Waals surface area contributed by atoms with E-state index in [1.807, 2.05) is 0 Å². The van der Waals surface area contributed by atoms with Gasteiger partial charge in [-0.3, -0.25) is 0 Å². The molecule has 0 spiro atoms. The van der Waals surface area contributed by atoms with Crippen LogP contribution in [0.3, 0.4) is 0 Å². The molecule has 0 aliphatic heterocycles. The predicted octanol–water partition coefficient (Wildman–Crippen LogP) is 1.64. The summed E-state index contributed by atoms with van der Waals surface area (Å²) in [6.45, 7) is 8.77. The lowest BCUT2D eigenvalue weighted by Gasteiger charge is -2.34. The van der Waals surface area contributed by atoms with Crippen LogP contribution in [0.1, 0.15) is 33.1 Å². The fraction of sp³-hybridized carbons (Fsp3) is 1.00. The van der Waals surface area contributed by atoms with E-state index in [1.165, 1.54) is 25.8 Å². The first-order valence-corrected chi connectivity index (χ1v) is 6.53. The first-order chi connectivity index (χ1) is 7.49. The van der Waals surface area contributed by atoms with Crippen LogP contribution in [-0.4, -0.2) is 57.1 Å². The van der Waals surface area contributed by atoms with E-state index in [0.717, 1.165) is 19.6 Å². The maximum atomic E-state index is 5.92. The lowest BCUT2D eigenvalue weighted by molar-refractivity contribution is 0.163. The topological polar surface area (TPSA) is 32.5 Å². The average Bonchev–Trinajstić information content (AvgIpc) is 2.25. The van der Waals surface area contributed by atoms with Crippen LogP contribution in [0.5, 0.6) is 0 Å². The molecule has 0 aromatic carbocycles. The first-order valence-electron chi connectivity index (χ1n) is 6.53. The monoisotopic (exact) mass is 229 g/mol. The highest BCUT2D eigenvalue weighted by molar-refractivity contribution is 4.80. The van der Waals surface area contributed by atoms with Crippen molar-refractivity contribution in [3.8, 4) is 0 Å². The highest BCUT2D eigenvalue weighted by atomic mass is 15.1. The molecule has 0 aromatic rings. The molecular formula is C13H31N3. The van der Waals surface area contributed by atoms with Crippen molar-refractivity contribution >= 4 is 0 Å². The van der Waals surface area contributed by atoms with Crippen LogP contribution in [0.4, 0.5) is 0 Å². The van der Waals surface area contributed by atoms with Gasteiger partial charge in [-0.05, 0) is 65.5 Å². The quantitative estimate of drug-likeness (QED) is 0.652. The molecule has 0 aromatic heterocycles. The molecule has 0 radical (unpaired) electrons. The van der Waals surface area contributed by atoms with Crippen LogP contribution in [0.15, 0.2) is 0 Å². The minimum atomic E-state index is 0.326. The lowest BCUT2D eigenvalue weighted by atomic mass is 9.82. The number of hydrogen-bond donors (Lipinski definition) is 1. The van der Waals surface area contributed by atoms with Crippen molar-refractivity contribution in [2.45, 2.75) is 33.1 Å². The average molecular weight is 229 g/mol. The Morgan fingerprint density at radius 3 is 1.94 bits per heavy atom. The second-order valence-electron chi connectivity index (χ2n) is 5.31. The van der Waals surface area contributed by atoms with Gasteiger partial charge in [0.05, 0.1) is 0 Å². The van der Waals surface area contributed by atoms with Gasteiger partial charge in [0.1, 0.15) is 0 Å². The van der Waals surface area contributed by atoms with E-state index in [0.29, 0.717) is 5.41 Å². The van der Waals surface area contributed by atoms with E-state index >= 15 is 0 Å². The maximum Gasteiger partial charge on any atom is 0.00468 e. The van der Waals surface area contributed by atoms with Crippen molar-refractivity contribution < 1.29 is 0 Å². The Kier molecular flexibility index (Phi) is 7.98. The molecule has 3 nitrogen and oxygen atoms in total. The van der Waals surface area contributed by atoms with E-state index in [1.54, 1.807) is 0 Å². The summed E-state index contributed by atoms with van der Waals surface area (Å²) in [6.07, 6.45) is 3.59. The zero-order valence-electron chi connectivity index (χ0n) is 11.9. The summed E-state index contributed by atoms with van der Waals surface area (Å²) >= 11 is 0. The molecule has 0 atom stereocenters. The van der Waals surface area contributed by atoms with Gasteiger partial charge in [-0.15, -0.1) is 0 Å². The van der Waals surface area contributed by atoms with Gasteiger partial charge in [0.15, 0.2) is 0 Å². The molecule has 0 aliphatic rings. The molecule has 0 unspecified atom stereocenters. The second kappa shape index (κ2) is 8.04. The maximum absolute atomic E-state index is 5.92. The molecule has 0 saturated carbocycles. The zero-order valence-corrected chi connectivity index (χ0v) is 11.9. The molecule has 0 aliphatic carbocycles. The number of nitrogens with two attached hydrogens (primary N) is 1. The smallest absolute Gasteiger partial charge is 0.00468 e. The summed E-state index contributed by atoms with van der Waals surface area (Å²) in [5, 5.41) is 0. The van der Waals surface area contributed by atoms with E-state index in [9.17, 15) is 0 Å². The summed E-state index contributed by atoms with van der Waals surface area (Å²) < 4.78 is 0. The predicted molar refractivity (Wildman–Crippen MR) is 72.7 cm³/mol. The van der Waals surface area contributed by atoms with Crippen molar-refractivity contribution in [2.24, 2.45) is 11.1 Å². The van der Waals surface area contributed by atoms with Gasteiger partial charge in [0, 0.05) is 6.54 Å². The first kappa shape index (κ1) is 15.9. The third kappa shape index (κ3) is 5.83. The van der Waals surface area contributed by atoms with Gasteiger partial charge in [-0.2, -0.15) is 0 Å². The van der Waals surface area contributed by atoms with Crippen molar-refractivity contribution in [1.29, 1.82) is 0 Å². The minimum absolute atomic E-state index is 0.326. The standard InChI is InChI=1S/C13H31N3/c1-6-13(7-2,11-14)12-16(5)10-8-9-15(3)4/h6-12,14H2,1-5H3. The fourth-order valence-electron chi connectivity index (χ4n) is 2.14. The molecule has 0 saturated heterocycles. The van der Waals surface area contributed by atoms with E-state index in [-0.39, 0.29) is 0 Å². The molecule has 3 heteroatoms. The van der Waals surface area contributed by atoms with E-state index < -0.39 is 0 Å². The molecule has 2 N–H and O–H groups in total. The molecule has 16 heavy (non-hydrogen) atoms. The summed E-state index contributed by atoms with van der Waals surface area (Å²) in [6, 6.07) is 0. The summed E-state index contributed by atoms with van der Waals surface area (Å²) in [5.41, 5.74) is 6.25. The SMILES string of the molecule is CCC(CC)(CN)CN(C)CCCN(C)C. The lowest BCUT2D eigenvalue weighted by Crippen LogP contribution is -2.41. The Hall–Kier alpha value is -0.120. The molecule has 0 rings (SSSR count). The summed E-state index contributed by atoms with van der Waals surface area (Å²) in [7, 11) is 6.47. The van der Waals surface area contributed by atoms with Gasteiger partial charge in [0.25, 0.3) is 0 Å². The number of nitrogens with zero attached hydrogens (tertiary/aromatic N) is 2. The highest BCUT2D eigenvalue weighted by Gasteiger charge is 2.25. The molecule has 0 bridgehead atoms. The zero-order chi connectivity index (χ0) is 12.6. The Balaban J connectivity index is 3.95. The Labute approximate surface area is 102 Å². The van der Waals surface area contributed by atoms with Gasteiger partial charge in [-0.1, -0.05) is 13.8 Å². The van der Waals surface area contributed by atoms with Crippen LogP contribution in [-0.2, 0) is 0 Å². The number of rotatable bonds is 9. The summed E-state index contributed by atoms with van der Waals surface area (Å²) in [5.74, 6) is 0. The van der Waals surface area contributed by atoms with Crippen molar-refractivity contribution in [2.75, 3.05) is 47.3 Å². The Bertz CT molecular complexity index is 156. The minimum Gasteiger partial charge on any atom is -0.330 e. The van der Waals surface area contributed by atoms with Crippen LogP contribution >= 0.6 is 0 Å². The number of hydrogen-bond acceptors (Lipinski definition) is 3. The van der Waals surface area contributed by atoms with Crippen LogP contribution in [0, 0.1) is 5.41 Å². The largest absolute Gasteiger partial charge is 0.330 e. The second-order valence-corrected chi connectivity index (χ2v) is 5.31. The Morgan fingerprint density at radius 1 is 1.00 bits per heavy atom.